The minimum atomic E-state index is -0.0396. The zero-order valence-electron chi connectivity index (χ0n) is 14.3. The standard InChI is InChI=1S/C20H24N2O2/c1-3-24-18-12-10-17(11-13-18)21-20(23)22-14-4-5-19(22)16-8-6-15(2)7-9-16/h6-13,19H,3-5,14H2,1-2H3,(H,21,23)/t19-/m1/s1. The Bertz CT molecular complexity index is 680. The summed E-state index contributed by atoms with van der Waals surface area (Å²) in [5.74, 6) is 0.814. The Hall–Kier alpha value is -2.49. The van der Waals surface area contributed by atoms with E-state index < -0.39 is 0 Å². The number of urea groups is 1. The molecule has 126 valence electrons. The summed E-state index contributed by atoms with van der Waals surface area (Å²) in [4.78, 5) is 14.6. The molecule has 1 aliphatic heterocycles. The maximum Gasteiger partial charge on any atom is 0.322 e. The van der Waals surface area contributed by atoms with Gasteiger partial charge in [-0.3, -0.25) is 0 Å². The van der Waals surface area contributed by atoms with E-state index in [1.54, 1.807) is 0 Å². The average Bonchev–Trinajstić information content (AvgIpc) is 3.07. The molecule has 1 saturated heterocycles. The average molecular weight is 324 g/mol. The third-order valence-corrected chi connectivity index (χ3v) is 4.39. The fourth-order valence-electron chi connectivity index (χ4n) is 3.14. The lowest BCUT2D eigenvalue weighted by atomic mass is 10.0. The lowest BCUT2D eigenvalue weighted by Gasteiger charge is -2.25. The van der Waals surface area contributed by atoms with E-state index in [9.17, 15) is 4.79 Å². The van der Waals surface area contributed by atoms with Crippen LogP contribution in [0.2, 0.25) is 0 Å². The Balaban J connectivity index is 1.68. The van der Waals surface area contributed by atoms with Crippen molar-refractivity contribution in [3.63, 3.8) is 0 Å². The van der Waals surface area contributed by atoms with Crippen molar-refractivity contribution in [2.24, 2.45) is 0 Å². The predicted octanol–water partition coefficient (Wildman–Crippen LogP) is 4.76. The Morgan fingerprint density at radius 2 is 1.88 bits per heavy atom. The number of nitrogens with one attached hydrogen (secondary N) is 1. The first-order valence-electron chi connectivity index (χ1n) is 8.54. The molecule has 4 nitrogen and oxygen atoms in total. The van der Waals surface area contributed by atoms with Crippen LogP contribution in [0, 0.1) is 6.92 Å². The van der Waals surface area contributed by atoms with Crippen molar-refractivity contribution in [1.82, 2.24) is 4.90 Å². The van der Waals surface area contributed by atoms with Crippen molar-refractivity contribution in [2.45, 2.75) is 32.7 Å². The van der Waals surface area contributed by atoms with Crippen molar-refractivity contribution in [1.29, 1.82) is 0 Å². The molecule has 2 aromatic rings. The largest absolute Gasteiger partial charge is 0.494 e. The van der Waals surface area contributed by atoms with E-state index in [-0.39, 0.29) is 12.1 Å². The molecule has 0 aromatic heterocycles. The summed E-state index contributed by atoms with van der Waals surface area (Å²) in [5, 5.41) is 3.00. The van der Waals surface area contributed by atoms with Crippen LogP contribution in [-0.4, -0.2) is 24.1 Å². The minimum Gasteiger partial charge on any atom is -0.494 e. The van der Waals surface area contributed by atoms with Crippen LogP contribution in [0.4, 0.5) is 10.5 Å². The summed E-state index contributed by atoms with van der Waals surface area (Å²) in [6, 6.07) is 16.1. The smallest absolute Gasteiger partial charge is 0.322 e. The van der Waals surface area contributed by atoms with E-state index in [0.717, 1.165) is 30.8 Å². The third kappa shape index (κ3) is 3.70. The summed E-state index contributed by atoms with van der Waals surface area (Å²) in [7, 11) is 0. The van der Waals surface area contributed by atoms with E-state index in [2.05, 4.69) is 36.5 Å². The number of likely N-dealkylation sites (tertiary alicyclic amines) is 1. The fraction of sp³-hybridized carbons (Fsp3) is 0.350. The quantitative estimate of drug-likeness (QED) is 0.880. The van der Waals surface area contributed by atoms with E-state index in [4.69, 9.17) is 4.74 Å². The molecule has 3 rings (SSSR count). The van der Waals surface area contributed by atoms with Crippen molar-refractivity contribution >= 4 is 11.7 Å². The van der Waals surface area contributed by atoms with Gasteiger partial charge < -0.3 is 15.0 Å². The summed E-state index contributed by atoms with van der Waals surface area (Å²) < 4.78 is 5.43. The Labute approximate surface area is 143 Å². The molecule has 0 spiro atoms. The molecular formula is C20H24N2O2. The highest BCUT2D eigenvalue weighted by molar-refractivity contribution is 5.89. The molecule has 1 heterocycles. The van der Waals surface area contributed by atoms with Gasteiger partial charge in [-0.2, -0.15) is 0 Å². The van der Waals surface area contributed by atoms with Gasteiger partial charge >= 0.3 is 6.03 Å². The van der Waals surface area contributed by atoms with Gasteiger partial charge in [-0.1, -0.05) is 29.8 Å². The van der Waals surface area contributed by atoms with Gasteiger partial charge in [0.05, 0.1) is 12.6 Å². The molecule has 24 heavy (non-hydrogen) atoms. The molecule has 1 N–H and O–H groups in total. The van der Waals surface area contributed by atoms with Gasteiger partial charge in [-0.25, -0.2) is 4.79 Å². The Morgan fingerprint density at radius 3 is 2.54 bits per heavy atom. The van der Waals surface area contributed by atoms with Gasteiger partial charge in [-0.05, 0) is 56.5 Å². The molecule has 0 aliphatic carbocycles. The molecule has 2 aromatic carbocycles. The summed E-state index contributed by atoms with van der Waals surface area (Å²) >= 11 is 0. The van der Waals surface area contributed by atoms with Crippen LogP contribution in [0.3, 0.4) is 0 Å². The van der Waals surface area contributed by atoms with Crippen molar-refractivity contribution in [3.05, 3.63) is 59.7 Å². The van der Waals surface area contributed by atoms with Gasteiger partial charge in [0, 0.05) is 12.2 Å². The number of aryl methyl sites for hydroxylation is 1. The molecule has 2 amide bonds. The topological polar surface area (TPSA) is 41.6 Å². The highest BCUT2D eigenvalue weighted by atomic mass is 16.5. The number of ether oxygens (including phenoxy) is 1. The lowest BCUT2D eigenvalue weighted by molar-refractivity contribution is 0.207. The normalized spacial score (nSPS) is 16.9. The Kier molecular flexibility index (Phi) is 5.04. The number of benzene rings is 2. The van der Waals surface area contributed by atoms with Gasteiger partial charge in [-0.15, -0.1) is 0 Å². The van der Waals surface area contributed by atoms with Gasteiger partial charge in [0.25, 0.3) is 0 Å². The molecule has 1 aliphatic rings. The zero-order valence-corrected chi connectivity index (χ0v) is 14.3. The molecular weight excluding hydrogens is 300 g/mol. The maximum absolute atomic E-state index is 12.7. The van der Waals surface area contributed by atoms with Crippen LogP contribution in [-0.2, 0) is 0 Å². The minimum absolute atomic E-state index is 0.0396. The zero-order chi connectivity index (χ0) is 16.9. The SMILES string of the molecule is CCOc1ccc(NC(=O)N2CCC[C@@H]2c2ccc(C)cc2)cc1. The number of anilines is 1. The highest BCUT2D eigenvalue weighted by Crippen LogP contribution is 2.32. The number of hydrogen-bond acceptors (Lipinski definition) is 2. The lowest BCUT2D eigenvalue weighted by Crippen LogP contribution is -2.34. The first kappa shape index (κ1) is 16.4. The third-order valence-electron chi connectivity index (χ3n) is 4.39. The number of hydrogen-bond donors (Lipinski definition) is 1. The monoisotopic (exact) mass is 324 g/mol. The van der Waals surface area contributed by atoms with Crippen LogP contribution in [0.5, 0.6) is 5.75 Å². The van der Waals surface area contributed by atoms with Crippen molar-refractivity contribution in [3.8, 4) is 5.75 Å². The Morgan fingerprint density at radius 1 is 1.17 bits per heavy atom. The molecule has 0 radical (unpaired) electrons. The van der Waals surface area contributed by atoms with Gasteiger partial charge in [0.15, 0.2) is 0 Å². The van der Waals surface area contributed by atoms with Crippen molar-refractivity contribution in [2.75, 3.05) is 18.5 Å². The van der Waals surface area contributed by atoms with E-state index in [0.29, 0.717) is 6.61 Å². The molecule has 4 heteroatoms. The van der Waals surface area contributed by atoms with Gasteiger partial charge in [0.1, 0.15) is 5.75 Å². The van der Waals surface area contributed by atoms with Crippen LogP contribution in [0.25, 0.3) is 0 Å². The molecule has 0 bridgehead atoms. The summed E-state index contributed by atoms with van der Waals surface area (Å²) in [5.41, 5.74) is 3.24. The van der Waals surface area contributed by atoms with E-state index in [1.165, 1.54) is 11.1 Å². The number of amides is 2. The molecule has 1 fully saturated rings. The molecule has 0 unspecified atom stereocenters. The van der Waals surface area contributed by atoms with Crippen molar-refractivity contribution < 1.29 is 9.53 Å². The van der Waals surface area contributed by atoms with Crippen LogP contribution in [0.15, 0.2) is 48.5 Å². The maximum atomic E-state index is 12.7. The van der Waals surface area contributed by atoms with Crippen LogP contribution < -0.4 is 10.1 Å². The first-order chi connectivity index (χ1) is 11.7. The second-order valence-corrected chi connectivity index (χ2v) is 6.15. The fourth-order valence-corrected chi connectivity index (χ4v) is 3.14. The van der Waals surface area contributed by atoms with Crippen LogP contribution >= 0.6 is 0 Å². The number of nitrogens with zero attached hydrogens (tertiary/aromatic N) is 1. The summed E-state index contributed by atoms with van der Waals surface area (Å²) in [6.07, 6.45) is 2.05. The number of rotatable bonds is 4. The molecule has 0 saturated carbocycles. The highest BCUT2D eigenvalue weighted by Gasteiger charge is 2.29. The predicted molar refractivity (Wildman–Crippen MR) is 96.5 cm³/mol. The number of carbonyl (C=O) groups is 1. The van der Waals surface area contributed by atoms with E-state index >= 15 is 0 Å². The second-order valence-electron chi connectivity index (χ2n) is 6.15. The first-order valence-corrected chi connectivity index (χ1v) is 8.54. The van der Waals surface area contributed by atoms with E-state index in [1.807, 2.05) is 36.1 Å². The number of carbonyl (C=O) groups excluding carboxylic acids is 1. The van der Waals surface area contributed by atoms with Crippen LogP contribution in [0.1, 0.15) is 36.9 Å². The van der Waals surface area contributed by atoms with Gasteiger partial charge in [0.2, 0.25) is 0 Å². The second kappa shape index (κ2) is 7.39. The summed E-state index contributed by atoms with van der Waals surface area (Å²) in [6.45, 7) is 5.46. The molecule has 1 atom stereocenters.